The quantitative estimate of drug-likeness (QED) is 0.493. The van der Waals surface area contributed by atoms with Gasteiger partial charge in [-0.1, -0.05) is 44.2 Å². The lowest BCUT2D eigenvalue weighted by Gasteiger charge is -2.38. The molecule has 158 valence electrons. The second-order valence-electron chi connectivity index (χ2n) is 8.50. The number of ether oxygens (including phenoxy) is 3. The number of benzene rings is 1. The van der Waals surface area contributed by atoms with E-state index in [1.54, 1.807) is 0 Å². The second-order valence-corrected chi connectivity index (χ2v) is 8.50. The van der Waals surface area contributed by atoms with Crippen molar-refractivity contribution in [1.82, 2.24) is 4.90 Å². The first-order valence-electron chi connectivity index (χ1n) is 10.8. The van der Waals surface area contributed by atoms with Crippen molar-refractivity contribution in [2.24, 2.45) is 5.92 Å². The van der Waals surface area contributed by atoms with Gasteiger partial charge in [0, 0.05) is 24.9 Å². The van der Waals surface area contributed by atoms with E-state index in [2.05, 4.69) is 11.9 Å². The topological polar surface area (TPSA) is 68.4 Å². The third kappa shape index (κ3) is 4.05. The molecule has 3 aliphatic rings. The van der Waals surface area contributed by atoms with Crippen LogP contribution in [-0.4, -0.2) is 60.9 Å². The summed E-state index contributed by atoms with van der Waals surface area (Å²) in [6.07, 6.45) is 3.58. The van der Waals surface area contributed by atoms with Crippen LogP contribution in [0.3, 0.4) is 0 Å². The zero-order valence-corrected chi connectivity index (χ0v) is 17.5. The van der Waals surface area contributed by atoms with Gasteiger partial charge in [-0.05, 0) is 25.5 Å². The van der Waals surface area contributed by atoms with Crippen LogP contribution in [0.15, 0.2) is 30.3 Å². The van der Waals surface area contributed by atoms with Crippen LogP contribution in [0.2, 0.25) is 0 Å². The monoisotopic (exact) mass is 401 g/mol. The third-order valence-corrected chi connectivity index (χ3v) is 6.86. The minimum absolute atomic E-state index is 0.0199. The molecule has 6 atom stereocenters. The molecule has 0 radical (unpaired) electrons. The van der Waals surface area contributed by atoms with Gasteiger partial charge in [-0.2, -0.15) is 0 Å². The zero-order chi connectivity index (χ0) is 20.5. The number of morpholine rings is 1. The lowest BCUT2D eigenvalue weighted by atomic mass is 9.97. The Morgan fingerprint density at radius 1 is 1.07 bits per heavy atom. The highest BCUT2D eigenvalue weighted by molar-refractivity contribution is 5.79. The standard InChI is InChI=1S/C23H31NO5/c1-4-14(5-2)22(25)27-13-17(15-9-7-6-8-10-15)23(26)28-16-11-18-20-21(29-20)19(12-16)24(18)3/h6-10,14,16-21H,4-5,11-13H2,1-3H3/t16?,17-,18-,19+,20-,21+/m1/s1. The second kappa shape index (κ2) is 8.44. The molecule has 0 saturated carbocycles. The van der Waals surface area contributed by atoms with E-state index in [-0.39, 0.29) is 30.6 Å². The van der Waals surface area contributed by atoms with Crippen molar-refractivity contribution in [3.05, 3.63) is 35.9 Å². The van der Waals surface area contributed by atoms with E-state index in [4.69, 9.17) is 14.2 Å². The SMILES string of the molecule is CCC(CC)C(=O)OC[C@@H](C(=O)OC1C[C@@H]2[C@H]3O[C@H]3[C@H](C1)N2C)c1ccccc1. The first-order chi connectivity index (χ1) is 14.0. The fraction of sp³-hybridized carbons (Fsp3) is 0.652. The molecule has 3 fully saturated rings. The number of rotatable bonds is 8. The van der Waals surface area contributed by atoms with Gasteiger partial charge in [-0.3, -0.25) is 14.5 Å². The van der Waals surface area contributed by atoms with Crippen molar-refractivity contribution in [1.29, 1.82) is 0 Å². The molecule has 29 heavy (non-hydrogen) atoms. The largest absolute Gasteiger partial charge is 0.464 e. The fourth-order valence-electron chi connectivity index (χ4n) is 4.93. The molecular formula is C23H31NO5. The lowest BCUT2D eigenvalue weighted by Crippen LogP contribution is -2.48. The number of nitrogens with zero attached hydrogens (tertiary/aromatic N) is 1. The van der Waals surface area contributed by atoms with Gasteiger partial charge in [0.25, 0.3) is 0 Å². The molecule has 0 aliphatic carbocycles. The first kappa shape index (κ1) is 20.4. The van der Waals surface area contributed by atoms with Crippen molar-refractivity contribution in [2.75, 3.05) is 13.7 Å². The zero-order valence-electron chi connectivity index (χ0n) is 17.5. The summed E-state index contributed by atoms with van der Waals surface area (Å²) < 4.78 is 17.2. The van der Waals surface area contributed by atoms with E-state index in [0.717, 1.165) is 31.2 Å². The minimum atomic E-state index is -0.599. The summed E-state index contributed by atoms with van der Waals surface area (Å²) in [7, 11) is 2.13. The highest BCUT2D eigenvalue weighted by Crippen LogP contribution is 2.48. The number of piperidine rings is 1. The van der Waals surface area contributed by atoms with Crippen LogP contribution < -0.4 is 0 Å². The number of carbonyl (C=O) groups is 2. The Balaban J connectivity index is 1.41. The third-order valence-electron chi connectivity index (χ3n) is 6.86. The Kier molecular flexibility index (Phi) is 5.93. The molecule has 3 saturated heterocycles. The molecule has 3 heterocycles. The van der Waals surface area contributed by atoms with E-state index in [1.165, 1.54) is 0 Å². The number of hydrogen-bond acceptors (Lipinski definition) is 6. The van der Waals surface area contributed by atoms with Gasteiger partial charge >= 0.3 is 11.9 Å². The predicted octanol–water partition coefficient (Wildman–Crippen LogP) is 2.91. The first-order valence-corrected chi connectivity index (χ1v) is 10.8. The molecule has 0 amide bonds. The van der Waals surface area contributed by atoms with Crippen molar-refractivity contribution < 1.29 is 23.8 Å². The van der Waals surface area contributed by atoms with Crippen LogP contribution in [0.25, 0.3) is 0 Å². The van der Waals surface area contributed by atoms with Crippen molar-refractivity contribution >= 4 is 11.9 Å². The lowest BCUT2D eigenvalue weighted by molar-refractivity contribution is -0.160. The Bertz CT molecular complexity index is 716. The molecule has 3 aliphatic heterocycles. The molecule has 2 bridgehead atoms. The maximum Gasteiger partial charge on any atom is 0.317 e. The van der Waals surface area contributed by atoms with Gasteiger partial charge in [0.2, 0.25) is 0 Å². The molecule has 1 unspecified atom stereocenters. The van der Waals surface area contributed by atoms with Gasteiger partial charge < -0.3 is 14.2 Å². The van der Waals surface area contributed by atoms with Crippen LogP contribution >= 0.6 is 0 Å². The molecule has 1 aromatic rings. The van der Waals surface area contributed by atoms with Crippen molar-refractivity contribution in [3.8, 4) is 0 Å². The molecule has 1 aromatic carbocycles. The number of esters is 2. The molecule has 6 nitrogen and oxygen atoms in total. The van der Waals surface area contributed by atoms with Crippen LogP contribution in [0.1, 0.15) is 51.0 Å². The van der Waals surface area contributed by atoms with Crippen LogP contribution in [0, 0.1) is 5.92 Å². The number of epoxide rings is 1. The van der Waals surface area contributed by atoms with Crippen molar-refractivity contribution in [2.45, 2.75) is 75.8 Å². The summed E-state index contributed by atoms with van der Waals surface area (Å²) >= 11 is 0. The van der Waals surface area contributed by atoms with Gasteiger partial charge in [0.15, 0.2) is 0 Å². The molecule has 0 aromatic heterocycles. The van der Waals surface area contributed by atoms with E-state index in [0.29, 0.717) is 24.3 Å². The summed E-state index contributed by atoms with van der Waals surface area (Å²) in [5, 5.41) is 0. The highest BCUT2D eigenvalue weighted by Gasteiger charge is 2.62. The van der Waals surface area contributed by atoms with E-state index < -0.39 is 5.92 Å². The summed E-state index contributed by atoms with van der Waals surface area (Å²) in [6.45, 7) is 3.97. The summed E-state index contributed by atoms with van der Waals surface area (Å²) in [4.78, 5) is 27.8. The van der Waals surface area contributed by atoms with Crippen molar-refractivity contribution in [3.63, 3.8) is 0 Å². The average molecular weight is 402 g/mol. The van der Waals surface area contributed by atoms with Gasteiger partial charge in [0.05, 0.1) is 5.92 Å². The van der Waals surface area contributed by atoms with Gasteiger partial charge in [-0.15, -0.1) is 0 Å². The van der Waals surface area contributed by atoms with Crippen LogP contribution in [-0.2, 0) is 23.8 Å². The summed E-state index contributed by atoms with van der Waals surface area (Å²) in [5.41, 5.74) is 0.817. The van der Waals surface area contributed by atoms with Gasteiger partial charge in [0.1, 0.15) is 30.8 Å². The molecule has 4 rings (SSSR count). The minimum Gasteiger partial charge on any atom is -0.464 e. The molecular weight excluding hydrogens is 370 g/mol. The summed E-state index contributed by atoms with van der Waals surface area (Å²) in [6, 6.07) is 10.1. The van der Waals surface area contributed by atoms with E-state index in [9.17, 15) is 9.59 Å². The van der Waals surface area contributed by atoms with Gasteiger partial charge in [-0.25, -0.2) is 0 Å². The Hall–Kier alpha value is -1.92. The van der Waals surface area contributed by atoms with E-state index in [1.807, 2.05) is 44.2 Å². The number of carbonyl (C=O) groups excluding carboxylic acids is 2. The fourth-order valence-corrected chi connectivity index (χ4v) is 4.93. The van der Waals surface area contributed by atoms with Crippen LogP contribution in [0.4, 0.5) is 0 Å². The summed E-state index contributed by atoms with van der Waals surface area (Å²) in [5.74, 6) is -1.27. The molecule has 6 heteroatoms. The molecule has 0 spiro atoms. The Morgan fingerprint density at radius 2 is 1.69 bits per heavy atom. The molecule has 0 N–H and O–H groups in total. The number of likely N-dealkylation sites (N-methyl/N-ethyl adjacent to an activating group) is 1. The Labute approximate surface area is 172 Å². The number of fused-ring (bicyclic) bond motifs is 5. The highest BCUT2D eigenvalue weighted by atomic mass is 16.6. The average Bonchev–Trinajstić information content (AvgIpc) is 3.48. The smallest absolute Gasteiger partial charge is 0.317 e. The normalized spacial score (nSPS) is 31.2. The van der Waals surface area contributed by atoms with E-state index >= 15 is 0 Å². The Morgan fingerprint density at radius 3 is 2.28 bits per heavy atom. The van der Waals surface area contributed by atoms with Crippen LogP contribution in [0.5, 0.6) is 0 Å². The maximum atomic E-state index is 13.1. The number of hydrogen-bond donors (Lipinski definition) is 0. The predicted molar refractivity (Wildman–Crippen MR) is 107 cm³/mol. The maximum absolute atomic E-state index is 13.1.